The van der Waals surface area contributed by atoms with Gasteiger partial charge in [-0.05, 0) is 13.5 Å². The third-order valence-electron chi connectivity index (χ3n) is 2.23. The second-order valence-corrected chi connectivity index (χ2v) is 4.75. The van der Waals surface area contributed by atoms with Crippen molar-refractivity contribution in [2.75, 3.05) is 13.1 Å². The van der Waals surface area contributed by atoms with Crippen LogP contribution in [0.15, 0.2) is 5.38 Å². The molecule has 0 aliphatic rings. The van der Waals surface area contributed by atoms with Crippen molar-refractivity contribution >= 4 is 17.2 Å². The van der Waals surface area contributed by atoms with Gasteiger partial charge >= 0.3 is 0 Å². The van der Waals surface area contributed by atoms with Crippen LogP contribution in [0.5, 0.6) is 0 Å². The standard InChI is InChI=1S/C11H19N3OS/c1-4-12-5-8(2)11(15)13-6-10-14-9(3)7-16-10/h7-8,12H,4-6H2,1-3H3,(H,13,15). The Kier molecular flexibility index (Phi) is 5.42. The number of aryl methyl sites for hydroxylation is 1. The van der Waals surface area contributed by atoms with Gasteiger partial charge in [0.15, 0.2) is 0 Å². The van der Waals surface area contributed by atoms with E-state index in [1.54, 1.807) is 11.3 Å². The zero-order valence-electron chi connectivity index (χ0n) is 10.0. The minimum Gasteiger partial charge on any atom is -0.349 e. The molecule has 1 atom stereocenters. The van der Waals surface area contributed by atoms with Gasteiger partial charge < -0.3 is 10.6 Å². The van der Waals surface area contributed by atoms with Gasteiger partial charge in [0.25, 0.3) is 0 Å². The fourth-order valence-electron chi connectivity index (χ4n) is 1.27. The first-order valence-electron chi connectivity index (χ1n) is 5.53. The van der Waals surface area contributed by atoms with Crippen molar-refractivity contribution in [1.82, 2.24) is 15.6 Å². The Morgan fingerprint density at radius 2 is 2.38 bits per heavy atom. The van der Waals surface area contributed by atoms with Gasteiger partial charge in [0.2, 0.25) is 5.91 Å². The van der Waals surface area contributed by atoms with E-state index in [0.29, 0.717) is 6.54 Å². The van der Waals surface area contributed by atoms with Crippen molar-refractivity contribution in [3.63, 3.8) is 0 Å². The van der Waals surface area contributed by atoms with Gasteiger partial charge in [-0.3, -0.25) is 4.79 Å². The molecule has 1 heterocycles. The highest BCUT2D eigenvalue weighted by Gasteiger charge is 2.11. The van der Waals surface area contributed by atoms with Crippen LogP contribution in [0.25, 0.3) is 0 Å². The highest BCUT2D eigenvalue weighted by molar-refractivity contribution is 7.09. The number of nitrogens with one attached hydrogen (secondary N) is 2. The average Bonchev–Trinajstić information content (AvgIpc) is 2.68. The van der Waals surface area contributed by atoms with Crippen LogP contribution in [0, 0.1) is 12.8 Å². The third-order valence-corrected chi connectivity index (χ3v) is 3.20. The zero-order chi connectivity index (χ0) is 12.0. The van der Waals surface area contributed by atoms with Crippen LogP contribution in [0.3, 0.4) is 0 Å². The highest BCUT2D eigenvalue weighted by Crippen LogP contribution is 2.08. The SMILES string of the molecule is CCNCC(C)C(=O)NCc1nc(C)cs1. The first kappa shape index (κ1) is 13.1. The molecule has 0 aliphatic carbocycles. The van der Waals surface area contributed by atoms with E-state index >= 15 is 0 Å². The third kappa shape index (κ3) is 4.28. The quantitative estimate of drug-likeness (QED) is 0.789. The van der Waals surface area contributed by atoms with Crippen molar-refractivity contribution in [3.8, 4) is 0 Å². The topological polar surface area (TPSA) is 54.0 Å². The second kappa shape index (κ2) is 6.60. The molecule has 4 nitrogen and oxygen atoms in total. The molecule has 0 fully saturated rings. The number of rotatable bonds is 6. The van der Waals surface area contributed by atoms with Crippen LogP contribution in [0.1, 0.15) is 24.5 Å². The van der Waals surface area contributed by atoms with Gasteiger partial charge in [0, 0.05) is 23.5 Å². The van der Waals surface area contributed by atoms with E-state index in [4.69, 9.17) is 0 Å². The summed E-state index contributed by atoms with van der Waals surface area (Å²) in [5.74, 6) is 0.0785. The molecule has 0 bridgehead atoms. The Morgan fingerprint density at radius 3 is 2.94 bits per heavy atom. The molecule has 0 aliphatic heterocycles. The molecule has 0 aromatic carbocycles. The van der Waals surface area contributed by atoms with Crippen molar-refractivity contribution in [1.29, 1.82) is 0 Å². The number of nitrogens with zero attached hydrogens (tertiary/aromatic N) is 1. The molecule has 1 amide bonds. The lowest BCUT2D eigenvalue weighted by Crippen LogP contribution is -2.34. The smallest absolute Gasteiger partial charge is 0.224 e. The molecule has 1 rings (SSSR count). The van der Waals surface area contributed by atoms with Crippen molar-refractivity contribution in [2.24, 2.45) is 5.92 Å². The molecular formula is C11H19N3OS. The van der Waals surface area contributed by atoms with Crippen LogP contribution in [-0.2, 0) is 11.3 Å². The van der Waals surface area contributed by atoms with E-state index in [1.165, 1.54) is 0 Å². The Labute approximate surface area is 100 Å². The fourth-order valence-corrected chi connectivity index (χ4v) is 1.99. The predicted molar refractivity (Wildman–Crippen MR) is 66.4 cm³/mol. The van der Waals surface area contributed by atoms with Gasteiger partial charge in [-0.1, -0.05) is 13.8 Å². The van der Waals surface area contributed by atoms with Gasteiger partial charge in [0.05, 0.1) is 6.54 Å². The number of hydrogen-bond donors (Lipinski definition) is 2. The summed E-state index contributed by atoms with van der Waals surface area (Å²) in [6.07, 6.45) is 0. The molecule has 0 saturated heterocycles. The molecule has 16 heavy (non-hydrogen) atoms. The largest absolute Gasteiger partial charge is 0.349 e. The molecule has 1 aromatic rings. The Bertz CT molecular complexity index is 338. The lowest BCUT2D eigenvalue weighted by atomic mass is 10.1. The summed E-state index contributed by atoms with van der Waals surface area (Å²) in [7, 11) is 0. The maximum absolute atomic E-state index is 11.7. The van der Waals surface area contributed by atoms with Gasteiger partial charge in [-0.15, -0.1) is 11.3 Å². The Hall–Kier alpha value is -0.940. The molecule has 1 aromatic heterocycles. The van der Waals surface area contributed by atoms with Crippen LogP contribution in [0.2, 0.25) is 0 Å². The average molecular weight is 241 g/mol. The van der Waals surface area contributed by atoms with E-state index < -0.39 is 0 Å². The van der Waals surface area contributed by atoms with Crippen molar-refractivity contribution < 1.29 is 4.79 Å². The number of aromatic nitrogens is 1. The van der Waals surface area contributed by atoms with E-state index in [0.717, 1.165) is 23.8 Å². The molecular weight excluding hydrogens is 222 g/mol. The summed E-state index contributed by atoms with van der Waals surface area (Å²) in [6.45, 7) is 8.06. The molecule has 5 heteroatoms. The molecule has 0 radical (unpaired) electrons. The normalized spacial score (nSPS) is 12.4. The fraction of sp³-hybridized carbons (Fsp3) is 0.636. The minimum atomic E-state index is 0.000934. The Balaban J connectivity index is 2.29. The number of carbonyl (C=O) groups excluding carboxylic acids is 1. The summed E-state index contributed by atoms with van der Waals surface area (Å²) in [4.78, 5) is 15.9. The molecule has 1 unspecified atom stereocenters. The monoisotopic (exact) mass is 241 g/mol. The van der Waals surface area contributed by atoms with E-state index in [1.807, 2.05) is 26.2 Å². The van der Waals surface area contributed by atoms with E-state index in [-0.39, 0.29) is 11.8 Å². The van der Waals surface area contributed by atoms with Crippen molar-refractivity contribution in [2.45, 2.75) is 27.3 Å². The summed E-state index contributed by atoms with van der Waals surface area (Å²) >= 11 is 1.58. The lowest BCUT2D eigenvalue weighted by Gasteiger charge is -2.11. The van der Waals surface area contributed by atoms with Gasteiger partial charge in [-0.2, -0.15) is 0 Å². The molecule has 0 spiro atoms. The zero-order valence-corrected chi connectivity index (χ0v) is 10.9. The van der Waals surface area contributed by atoms with E-state index in [9.17, 15) is 4.79 Å². The van der Waals surface area contributed by atoms with Gasteiger partial charge in [0.1, 0.15) is 5.01 Å². The minimum absolute atomic E-state index is 0.000934. The second-order valence-electron chi connectivity index (χ2n) is 3.81. The lowest BCUT2D eigenvalue weighted by molar-refractivity contribution is -0.124. The highest BCUT2D eigenvalue weighted by atomic mass is 32.1. The number of thiazole rings is 1. The van der Waals surface area contributed by atoms with Crippen LogP contribution < -0.4 is 10.6 Å². The predicted octanol–water partition coefficient (Wildman–Crippen LogP) is 1.31. The first-order chi connectivity index (χ1) is 7.63. The van der Waals surface area contributed by atoms with Gasteiger partial charge in [-0.25, -0.2) is 4.98 Å². The summed E-state index contributed by atoms with van der Waals surface area (Å²) in [6, 6.07) is 0. The van der Waals surface area contributed by atoms with E-state index in [2.05, 4.69) is 15.6 Å². The van der Waals surface area contributed by atoms with Crippen LogP contribution in [-0.4, -0.2) is 24.0 Å². The summed E-state index contributed by atoms with van der Waals surface area (Å²) < 4.78 is 0. The number of carbonyl (C=O) groups is 1. The van der Waals surface area contributed by atoms with Crippen LogP contribution in [0.4, 0.5) is 0 Å². The summed E-state index contributed by atoms with van der Waals surface area (Å²) in [5.41, 5.74) is 1.01. The molecule has 0 saturated carbocycles. The van der Waals surface area contributed by atoms with Crippen molar-refractivity contribution in [3.05, 3.63) is 16.1 Å². The maximum Gasteiger partial charge on any atom is 0.224 e. The maximum atomic E-state index is 11.7. The first-order valence-corrected chi connectivity index (χ1v) is 6.41. The number of hydrogen-bond acceptors (Lipinski definition) is 4. The number of amides is 1. The molecule has 90 valence electrons. The Morgan fingerprint density at radius 1 is 1.62 bits per heavy atom. The van der Waals surface area contributed by atoms with Crippen LogP contribution >= 0.6 is 11.3 Å². The summed E-state index contributed by atoms with van der Waals surface area (Å²) in [5, 5.41) is 9.00. The molecule has 2 N–H and O–H groups in total.